The van der Waals surface area contributed by atoms with Gasteiger partial charge in [-0.3, -0.25) is 0 Å². The van der Waals surface area contributed by atoms with Gasteiger partial charge in [0.1, 0.15) is 12.5 Å². The molecule has 0 fully saturated rings. The van der Waals surface area contributed by atoms with E-state index in [4.69, 9.17) is 21.7 Å². The minimum absolute atomic E-state index is 0.556. The zero-order chi connectivity index (χ0) is 11.0. The smallest absolute Gasteiger partial charge is 0.103 e. The molecule has 0 aliphatic carbocycles. The Labute approximate surface area is 85.7 Å². The third-order valence-electron chi connectivity index (χ3n) is 2.02. The first-order valence-corrected chi connectivity index (χ1v) is 5.16. The van der Waals surface area contributed by atoms with Crippen LogP contribution in [-0.4, -0.2) is 47.2 Å². The summed E-state index contributed by atoms with van der Waals surface area (Å²) in [4.78, 5) is 2.14. The summed E-state index contributed by atoms with van der Waals surface area (Å²) in [6.45, 7) is 4.53. The molecule has 2 unspecified atom stereocenters. The third kappa shape index (κ3) is 8.40. The maximum Gasteiger partial charge on any atom is 0.103 e. The molecule has 0 rings (SSSR count). The zero-order valence-electron chi connectivity index (χ0n) is 8.89. The Hall–Kier alpha value is -0.200. The molecule has 0 aromatic carbocycles. The largest absolute Gasteiger partial charge is 0.379 e. The van der Waals surface area contributed by atoms with E-state index in [0.717, 1.165) is 26.1 Å². The standard InChI is InChI=1S/C9H23N3O2/c1-2-5-12(6-3-8(10)13)7-4-9(11)14/h8-9,13-14H,2-7,10-11H2,1H3. The van der Waals surface area contributed by atoms with E-state index in [1.165, 1.54) is 0 Å². The van der Waals surface area contributed by atoms with Gasteiger partial charge in [0.15, 0.2) is 0 Å². The van der Waals surface area contributed by atoms with Gasteiger partial charge < -0.3 is 26.6 Å². The lowest BCUT2D eigenvalue weighted by Gasteiger charge is -2.22. The van der Waals surface area contributed by atoms with Gasteiger partial charge in [0.2, 0.25) is 0 Å². The van der Waals surface area contributed by atoms with Crippen LogP contribution < -0.4 is 11.5 Å². The molecule has 2 atom stereocenters. The van der Waals surface area contributed by atoms with Crippen molar-refractivity contribution in [1.29, 1.82) is 0 Å². The van der Waals surface area contributed by atoms with Crippen molar-refractivity contribution in [3.05, 3.63) is 0 Å². The van der Waals surface area contributed by atoms with Crippen LogP contribution in [0.2, 0.25) is 0 Å². The number of rotatable bonds is 8. The lowest BCUT2D eigenvalue weighted by molar-refractivity contribution is 0.124. The van der Waals surface area contributed by atoms with Gasteiger partial charge in [-0.1, -0.05) is 6.92 Å². The summed E-state index contributed by atoms with van der Waals surface area (Å²) in [6, 6.07) is 0. The fraction of sp³-hybridized carbons (Fsp3) is 1.00. The molecule has 0 aliphatic heterocycles. The lowest BCUT2D eigenvalue weighted by atomic mass is 10.3. The topological polar surface area (TPSA) is 95.7 Å². The Balaban J connectivity index is 3.65. The molecule has 0 amide bonds. The Morgan fingerprint density at radius 3 is 1.71 bits per heavy atom. The minimum atomic E-state index is -0.753. The van der Waals surface area contributed by atoms with Crippen molar-refractivity contribution in [3.63, 3.8) is 0 Å². The average Bonchev–Trinajstić information content (AvgIpc) is 2.09. The molecular formula is C9H23N3O2. The van der Waals surface area contributed by atoms with Crippen molar-refractivity contribution in [2.24, 2.45) is 11.5 Å². The monoisotopic (exact) mass is 205 g/mol. The van der Waals surface area contributed by atoms with Crippen LogP contribution in [0.4, 0.5) is 0 Å². The minimum Gasteiger partial charge on any atom is -0.379 e. The number of hydrogen-bond acceptors (Lipinski definition) is 5. The number of nitrogens with two attached hydrogens (primary N) is 2. The quantitative estimate of drug-likeness (QED) is 0.383. The van der Waals surface area contributed by atoms with E-state index in [-0.39, 0.29) is 0 Å². The van der Waals surface area contributed by atoms with Crippen molar-refractivity contribution in [2.75, 3.05) is 19.6 Å². The summed E-state index contributed by atoms with van der Waals surface area (Å²) < 4.78 is 0. The highest BCUT2D eigenvalue weighted by Gasteiger charge is 2.07. The molecule has 0 bridgehead atoms. The molecule has 0 saturated heterocycles. The van der Waals surface area contributed by atoms with Crippen molar-refractivity contribution in [3.8, 4) is 0 Å². The number of aliphatic hydroxyl groups is 2. The highest BCUT2D eigenvalue weighted by atomic mass is 16.3. The average molecular weight is 205 g/mol. The number of nitrogens with zero attached hydrogens (tertiary/aromatic N) is 1. The normalized spacial score (nSPS) is 15.9. The van der Waals surface area contributed by atoms with Gasteiger partial charge in [-0.25, -0.2) is 0 Å². The Morgan fingerprint density at radius 2 is 1.43 bits per heavy atom. The van der Waals surface area contributed by atoms with Crippen LogP contribution in [0.25, 0.3) is 0 Å². The molecule has 0 aromatic rings. The molecule has 5 heteroatoms. The molecule has 6 N–H and O–H groups in total. The summed E-state index contributed by atoms with van der Waals surface area (Å²) in [5.74, 6) is 0. The van der Waals surface area contributed by atoms with Crippen LogP contribution in [0.5, 0.6) is 0 Å². The van der Waals surface area contributed by atoms with E-state index in [1.807, 2.05) is 0 Å². The van der Waals surface area contributed by atoms with Gasteiger partial charge in [0, 0.05) is 13.1 Å². The molecular weight excluding hydrogens is 182 g/mol. The molecule has 14 heavy (non-hydrogen) atoms. The zero-order valence-corrected chi connectivity index (χ0v) is 8.89. The van der Waals surface area contributed by atoms with Crippen LogP contribution in [0.3, 0.4) is 0 Å². The maximum atomic E-state index is 8.92. The van der Waals surface area contributed by atoms with Crippen molar-refractivity contribution in [1.82, 2.24) is 4.90 Å². The van der Waals surface area contributed by atoms with Crippen molar-refractivity contribution < 1.29 is 10.2 Å². The van der Waals surface area contributed by atoms with Crippen LogP contribution in [0.15, 0.2) is 0 Å². The summed E-state index contributed by atoms with van der Waals surface area (Å²) >= 11 is 0. The van der Waals surface area contributed by atoms with Gasteiger partial charge in [0.25, 0.3) is 0 Å². The van der Waals surface area contributed by atoms with Crippen LogP contribution in [0, 0.1) is 0 Å². The van der Waals surface area contributed by atoms with Gasteiger partial charge in [-0.2, -0.15) is 0 Å². The number of aliphatic hydroxyl groups excluding tert-OH is 2. The predicted molar refractivity (Wildman–Crippen MR) is 56.4 cm³/mol. The highest BCUT2D eigenvalue weighted by Crippen LogP contribution is 1.98. The maximum absolute atomic E-state index is 8.92. The fourth-order valence-electron chi connectivity index (χ4n) is 1.28. The molecule has 0 heterocycles. The second-order valence-electron chi connectivity index (χ2n) is 3.55. The van der Waals surface area contributed by atoms with Gasteiger partial charge >= 0.3 is 0 Å². The molecule has 86 valence electrons. The van der Waals surface area contributed by atoms with E-state index in [2.05, 4.69) is 11.8 Å². The van der Waals surface area contributed by atoms with Crippen LogP contribution in [0.1, 0.15) is 26.2 Å². The Kier molecular flexibility index (Phi) is 8.02. The van der Waals surface area contributed by atoms with Crippen molar-refractivity contribution >= 4 is 0 Å². The summed E-state index contributed by atoms with van der Waals surface area (Å²) in [6.07, 6.45) is 0.650. The lowest BCUT2D eigenvalue weighted by Crippen LogP contribution is -2.34. The molecule has 0 radical (unpaired) electrons. The molecule has 0 aromatic heterocycles. The van der Waals surface area contributed by atoms with E-state index < -0.39 is 12.5 Å². The van der Waals surface area contributed by atoms with Crippen LogP contribution >= 0.6 is 0 Å². The highest BCUT2D eigenvalue weighted by molar-refractivity contribution is 4.60. The van der Waals surface area contributed by atoms with E-state index in [9.17, 15) is 0 Å². The first-order chi connectivity index (χ1) is 6.56. The van der Waals surface area contributed by atoms with E-state index >= 15 is 0 Å². The second-order valence-corrected chi connectivity index (χ2v) is 3.55. The van der Waals surface area contributed by atoms with Crippen LogP contribution in [-0.2, 0) is 0 Å². The Bertz CT molecular complexity index is 119. The predicted octanol–water partition coefficient (Wildman–Crippen LogP) is -0.967. The molecule has 0 aliphatic rings. The summed E-state index contributed by atoms with van der Waals surface area (Å²) in [7, 11) is 0. The van der Waals surface area contributed by atoms with Gasteiger partial charge in [-0.05, 0) is 25.8 Å². The molecule has 5 nitrogen and oxygen atoms in total. The fourth-order valence-corrected chi connectivity index (χ4v) is 1.28. The molecule has 0 spiro atoms. The second kappa shape index (κ2) is 8.14. The Morgan fingerprint density at radius 1 is 1.00 bits per heavy atom. The van der Waals surface area contributed by atoms with E-state index in [1.54, 1.807) is 0 Å². The third-order valence-corrected chi connectivity index (χ3v) is 2.02. The van der Waals surface area contributed by atoms with E-state index in [0.29, 0.717) is 12.8 Å². The SMILES string of the molecule is CCCN(CCC(N)O)CCC(N)O. The van der Waals surface area contributed by atoms with Gasteiger partial charge in [0.05, 0.1) is 0 Å². The number of hydrogen-bond donors (Lipinski definition) is 4. The summed E-state index contributed by atoms with van der Waals surface area (Å²) in [5, 5.41) is 17.8. The first-order valence-electron chi connectivity index (χ1n) is 5.16. The van der Waals surface area contributed by atoms with Gasteiger partial charge in [-0.15, -0.1) is 0 Å². The van der Waals surface area contributed by atoms with Crippen molar-refractivity contribution in [2.45, 2.75) is 38.6 Å². The first kappa shape index (κ1) is 13.8. The molecule has 0 saturated carbocycles. The summed E-state index contributed by atoms with van der Waals surface area (Å²) in [5.41, 5.74) is 10.5.